The fourth-order valence-corrected chi connectivity index (χ4v) is 3.90. The summed E-state index contributed by atoms with van der Waals surface area (Å²) in [4.78, 5) is 5.85. The van der Waals surface area contributed by atoms with Gasteiger partial charge in [0.1, 0.15) is 0 Å². The first kappa shape index (κ1) is 12.2. The molecule has 2 aromatic rings. The third-order valence-corrected chi connectivity index (χ3v) is 5.12. The summed E-state index contributed by atoms with van der Waals surface area (Å²) < 4.78 is 1.16. The predicted octanol–water partition coefficient (Wildman–Crippen LogP) is 3.78. The van der Waals surface area contributed by atoms with Crippen molar-refractivity contribution < 1.29 is 0 Å². The van der Waals surface area contributed by atoms with Gasteiger partial charge < -0.3 is 5.32 Å². The first-order valence-corrected chi connectivity index (χ1v) is 7.56. The Morgan fingerprint density at radius 1 is 1.44 bits per heavy atom. The van der Waals surface area contributed by atoms with Crippen LogP contribution >= 0.6 is 38.6 Å². The van der Waals surface area contributed by atoms with Crippen LogP contribution in [0, 0.1) is 6.92 Å². The smallest absolute Gasteiger partial charge is 0.0947 e. The average Bonchev–Trinajstić information content (AvgIpc) is 2.84. The zero-order valence-corrected chi connectivity index (χ0v) is 12.4. The van der Waals surface area contributed by atoms with Gasteiger partial charge in [-0.1, -0.05) is 0 Å². The van der Waals surface area contributed by atoms with Crippen molar-refractivity contribution in [2.24, 2.45) is 0 Å². The van der Waals surface area contributed by atoms with Crippen LogP contribution < -0.4 is 5.32 Å². The Hall–Kier alpha value is -0.230. The van der Waals surface area contributed by atoms with Crippen LogP contribution in [-0.4, -0.2) is 12.0 Å². The number of halogens is 1. The lowest BCUT2D eigenvalue weighted by molar-refractivity contribution is 0.600. The Morgan fingerprint density at radius 3 is 2.75 bits per heavy atom. The van der Waals surface area contributed by atoms with Crippen LogP contribution in [-0.2, 0) is 6.42 Å². The highest BCUT2D eigenvalue weighted by Gasteiger charge is 2.14. The summed E-state index contributed by atoms with van der Waals surface area (Å²) in [5.41, 5.74) is 1.11. The van der Waals surface area contributed by atoms with E-state index < -0.39 is 0 Å². The standard InChI is InChI=1S/C11H13BrN2S2/c1-7-5-16-11(14-7)4-9(13-2)10-3-8(12)6-15-10/h3,5-6,9,13H,4H2,1-2H3. The van der Waals surface area contributed by atoms with E-state index in [4.69, 9.17) is 0 Å². The minimum atomic E-state index is 0.363. The van der Waals surface area contributed by atoms with E-state index in [2.05, 4.69) is 43.1 Å². The first-order chi connectivity index (χ1) is 7.69. The van der Waals surface area contributed by atoms with Crippen molar-refractivity contribution in [3.8, 4) is 0 Å². The zero-order chi connectivity index (χ0) is 11.5. The van der Waals surface area contributed by atoms with Gasteiger partial charge in [-0.2, -0.15) is 0 Å². The lowest BCUT2D eigenvalue weighted by atomic mass is 10.2. The molecule has 86 valence electrons. The number of rotatable bonds is 4. The predicted molar refractivity (Wildman–Crippen MR) is 74.4 cm³/mol. The molecule has 1 atom stereocenters. The largest absolute Gasteiger partial charge is 0.312 e. The molecule has 0 fully saturated rings. The summed E-state index contributed by atoms with van der Waals surface area (Å²) in [5.74, 6) is 0. The summed E-state index contributed by atoms with van der Waals surface area (Å²) in [6, 6.07) is 2.54. The van der Waals surface area contributed by atoms with E-state index in [1.165, 1.54) is 9.88 Å². The minimum absolute atomic E-state index is 0.363. The average molecular weight is 317 g/mol. The Morgan fingerprint density at radius 2 is 2.25 bits per heavy atom. The van der Waals surface area contributed by atoms with E-state index in [1.54, 1.807) is 22.7 Å². The van der Waals surface area contributed by atoms with Crippen molar-refractivity contribution in [2.75, 3.05) is 7.05 Å². The second-order valence-electron chi connectivity index (χ2n) is 3.60. The van der Waals surface area contributed by atoms with Gasteiger partial charge in [-0.05, 0) is 36.0 Å². The third-order valence-electron chi connectivity index (χ3n) is 2.32. The number of nitrogens with zero attached hydrogens (tertiary/aromatic N) is 1. The maximum absolute atomic E-state index is 4.50. The monoisotopic (exact) mass is 316 g/mol. The molecule has 0 aliphatic carbocycles. The van der Waals surface area contributed by atoms with Crippen LogP contribution in [0.2, 0.25) is 0 Å². The Kier molecular flexibility index (Phi) is 4.13. The normalized spacial score (nSPS) is 12.9. The number of aryl methyl sites for hydroxylation is 1. The Bertz CT molecular complexity index is 464. The summed E-state index contributed by atoms with van der Waals surface area (Å²) in [6.45, 7) is 2.04. The maximum Gasteiger partial charge on any atom is 0.0947 e. The number of hydrogen-bond acceptors (Lipinski definition) is 4. The minimum Gasteiger partial charge on any atom is -0.312 e. The third kappa shape index (κ3) is 2.91. The van der Waals surface area contributed by atoms with Crippen molar-refractivity contribution in [1.29, 1.82) is 0 Å². The molecule has 1 unspecified atom stereocenters. The molecule has 0 spiro atoms. The quantitative estimate of drug-likeness (QED) is 0.928. The molecule has 0 aliphatic rings. The van der Waals surface area contributed by atoms with Gasteiger partial charge >= 0.3 is 0 Å². The molecule has 0 radical (unpaired) electrons. The van der Waals surface area contributed by atoms with E-state index >= 15 is 0 Å². The van der Waals surface area contributed by atoms with E-state index in [0.29, 0.717) is 6.04 Å². The van der Waals surface area contributed by atoms with E-state index in [0.717, 1.165) is 16.6 Å². The molecule has 2 heterocycles. The Balaban J connectivity index is 2.12. The molecule has 2 nitrogen and oxygen atoms in total. The lowest BCUT2D eigenvalue weighted by Crippen LogP contribution is -2.17. The number of thiazole rings is 1. The van der Waals surface area contributed by atoms with E-state index in [1.807, 2.05) is 14.0 Å². The van der Waals surface area contributed by atoms with Crippen molar-refractivity contribution in [3.05, 3.63) is 36.9 Å². The summed E-state index contributed by atoms with van der Waals surface area (Å²) in [7, 11) is 2.00. The highest BCUT2D eigenvalue weighted by atomic mass is 79.9. The van der Waals surface area contributed by atoms with Gasteiger partial charge in [0.15, 0.2) is 0 Å². The number of hydrogen-bond donors (Lipinski definition) is 1. The second-order valence-corrected chi connectivity index (χ2v) is 6.40. The highest BCUT2D eigenvalue weighted by Crippen LogP contribution is 2.28. The molecule has 2 rings (SSSR count). The molecule has 5 heteroatoms. The highest BCUT2D eigenvalue weighted by molar-refractivity contribution is 9.10. The van der Waals surface area contributed by atoms with Gasteiger partial charge in [0.2, 0.25) is 0 Å². The molecule has 0 amide bonds. The van der Waals surface area contributed by atoms with Crippen molar-refractivity contribution in [1.82, 2.24) is 10.3 Å². The van der Waals surface area contributed by atoms with Gasteiger partial charge in [-0.15, -0.1) is 22.7 Å². The topological polar surface area (TPSA) is 24.9 Å². The molecular formula is C11H13BrN2S2. The van der Waals surface area contributed by atoms with Crippen LogP contribution in [0.3, 0.4) is 0 Å². The second kappa shape index (κ2) is 5.40. The zero-order valence-electron chi connectivity index (χ0n) is 9.16. The molecule has 2 aromatic heterocycles. The van der Waals surface area contributed by atoms with Gasteiger partial charge in [0.25, 0.3) is 0 Å². The van der Waals surface area contributed by atoms with Crippen LogP contribution in [0.5, 0.6) is 0 Å². The van der Waals surface area contributed by atoms with E-state index in [-0.39, 0.29) is 0 Å². The molecule has 1 N–H and O–H groups in total. The van der Waals surface area contributed by atoms with Crippen LogP contribution in [0.15, 0.2) is 21.3 Å². The fraction of sp³-hybridized carbons (Fsp3) is 0.364. The number of nitrogens with one attached hydrogen (secondary N) is 1. The maximum atomic E-state index is 4.50. The van der Waals surface area contributed by atoms with Gasteiger partial charge in [0, 0.05) is 38.3 Å². The molecule has 0 bridgehead atoms. The van der Waals surface area contributed by atoms with Gasteiger partial charge in [0.05, 0.1) is 5.01 Å². The van der Waals surface area contributed by atoms with Gasteiger partial charge in [-0.3, -0.25) is 0 Å². The number of aromatic nitrogens is 1. The summed E-state index contributed by atoms with van der Waals surface area (Å²) in [6.07, 6.45) is 0.960. The first-order valence-electron chi connectivity index (χ1n) is 5.01. The molecular weight excluding hydrogens is 304 g/mol. The van der Waals surface area contributed by atoms with Crippen LogP contribution in [0.25, 0.3) is 0 Å². The molecule has 0 saturated carbocycles. The van der Waals surface area contributed by atoms with Crippen LogP contribution in [0.4, 0.5) is 0 Å². The molecule has 0 saturated heterocycles. The van der Waals surface area contributed by atoms with E-state index in [9.17, 15) is 0 Å². The summed E-state index contributed by atoms with van der Waals surface area (Å²) in [5, 5.41) is 8.76. The lowest BCUT2D eigenvalue weighted by Gasteiger charge is -2.12. The number of thiophene rings is 1. The van der Waals surface area contributed by atoms with Crippen LogP contribution in [0.1, 0.15) is 21.6 Å². The summed E-state index contributed by atoms with van der Waals surface area (Å²) >= 11 is 7.00. The van der Waals surface area contributed by atoms with Crippen molar-refractivity contribution >= 4 is 38.6 Å². The van der Waals surface area contributed by atoms with Gasteiger partial charge in [-0.25, -0.2) is 4.98 Å². The molecule has 0 aromatic carbocycles. The van der Waals surface area contributed by atoms with Crippen molar-refractivity contribution in [2.45, 2.75) is 19.4 Å². The van der Waals surface area contributed by atoms with Crippen molar-refractivity contribution in [3.63, 3.8) is 0 Å². The molecule has 16 heavy (non-hydrogen) atoms. The fourth-order valence-electron chi connectivity index (χ4n) is 1.53. The Labute approximate surface area is 112 Å². The molecule has 0 aliphatic heterocycles. The number of likely N-dealkylation sites (N-methyl/N-ethyl adjacent to an activating group) is 1. The SMILES string of the molecule is CNC(Cc1nc(C)cs1)c1cc(Br)cs1.